The number of hydrogen-bond acceptors (Lipinski definition) is 7. The predicted octanol–water partition coefficient (Wildman–Crippen LogP) is 16.3. The summed E-state index contributed by atoms with van der Waals surface area (Å²) in [6.45, 7) is 15.3. The molecule has 7 aromatic rings. The highest BCUT2D eigenvalue weighted by molar-refractivity contribution is 6.74. The summed E-state index contributed by atoms with van der Waals surface area (Å²) in [5.74, 6) is 0.510. The van der Waals surface area contributed by atoms with E-state index in [4.69, 9.17) is 19.1 Å². The van der Waals surface area contributed by atoms with Crippen molar-refractivity contribution in [1.29, 1.82) is 15.8 Å². The quantitative estimate of drug-likeness (QED) is 0.0434. The first-order chi connectivity index (χ1) is 34.8. The number of nitrogens with zero attached hydrogens (tertiary/aromatic N) is 6. The lowest BCUT2D eigenvalue weighted by Crippen LogP contribution is -2.40. The maximum absolute atomic E-state index is 10.6. The maximum Gasteiger partial charge on any atom is 0.191 e. The number of allylic oxidation sites excluding steroid dienone is 2. The van der Waals surface area contributed by atoms with E-state index in [1.165, 1.54) is 72.3 Å². The Bertz CT molecular complexity index is 3380. The third kappa shape index (κ3) is 10.2. The Morgan fingerprint density at radius 3 is 2.14 bits per heavy atom. The van der Waals surface area contributed by atoms with Crippen molar-refractivity contribution in [3.63, 3.8) is 0 Å². The first kappa shape index (κ1) is 49.6. The van der Waals surface area contributed by atoms with Gasteiger partial charge in [0, 0.05) is 46.1 Å². The second-order valence-electron chi connectivity index (χ2n) is 21.1. The Hall–Kier alpha value is -7.35. The highest BCUT2D eigenvalue weighted by Gasteiger charge is 2.44. The van der Waals surface area contributed by atoms with Gasteiger partial charge in [0.2, 0.25) is 0 Å². The molecule has 0 N–H and O–H groups in total. The molecule has 0 radical (unpaired) electrons. The second-order valence-corrected chi connectivity index (χ2v) is 25.9. The number of fused-ring (bicyclic) bond motifs is 4. The van der Waals surface area contributed by atoms with Crippen molar-refractivity contribution in [2.75, 3.05) is 6.61 Å². The van der Waals surface area contributed by atoms with Gasteiger partial charge in [0.1, 0.15) is 23.8 Å². The van der Waals surface area contributed by atoms with Crippen LogP contribution >= 0.6 is 0 Å². The third-order valence-corrected chi connectivity index (χ3v) is 19.9. The number of benzene rings is 5. The van der Waals surface area contributed by atoms with E-state index in [-0.39, 0.29) is 21.9 Å². The van der Waals surface area contributed by atoms with E-state index in [9.17, 15) is 15.8 Å². The zero-order chi connectivity index (χ0) is 50.5. The van der Waals surface area contributed by atoms with Gasteiger partial charge in [-0.1, -0.05) is 156 Å². The Labute approximate surface area is 426 Å². The highest BCUT2D eigenvalue weighted by atomic mass is 28.4. The molecule has 1 aliphatic heterocycles. The largest absolute Gasteiger partial charge is 0.474 e. The van der Waals surface area contributed by atoms with E-state index in [0.29, 0.717) is 22.9 Å². The Morgan fingerprint density at radius 1 is 0.736 bits per heavy atom. The van der Waals surface area contributed by atoms with Gasteiger partial charge in [-0.3, -0.25) is 0 Å². The summed E-state index contributed by atoms with van der Waals surface area (Å²) >= 11 is 0. The van der Waals surface area contributed by atoms with Crippen molar-refractivity contribution < 1.29 is 9.16 Å². The average molecular weight is 965 g/mol. The summed E-state index contributed by atoms with van der Waals surface area (Å²) in [6.07, 6.45) is 18.7. The first-order valence-electron chi connectivity index (χ1n) is 25.7. The SMILES string of the molecule is CC1(c2ccc(C3CCCCC3)cc2)OC(=C(C#N)C#N)C(C#N)=C1/C=C/c1nc2ccc(/C=C/c3ccc4c(c3)c3ccccc3n4CCCCCCO[Si](C)(C)C(C)(C)C)cc2nc1-c1ccccc1. The molecule has 2 aliphatic rings. The molecule has 1 atom stereocenters. The van der Waals surface area contributed by atoms with Gasteiger partial charge in [-0.05, 0) is 115 Å². The lowest BCUT2D eigenvalue weighted by Gasteiger charge is -2.36. The van der Waals surface area contributed by atoms with Gasteiger partial charge in [0.25, 0.3) is 0 Å². The Balaban J connectivity index is 0.984. The molecule has 5 aromatic carbocycles. The van der Waals surface area contributed by atoms with E-state index in [0.717, 1.165) is 59.3 Å². The molecule has 9 rings (SSSR count). The van der Waals surface area contributed by atoms with Crippen LogP contribution in [-0.2, 0) is 21.3 Å². The smallest absolute Gasteiger partial charge is 0.191 e. The number of rotatable bonds is 15. The highest BCUT2D eigenvalue weighted by Crippen LogP contribution is 2.48. The lowest BCUT2D eigenvalue weighted by molar-refractivity contribution is 0.0755. The van der Waals surface area contributed by atoms with Crippen LogP contribution in [-0.4, -0.2) is 29.5 Å². The van der Waals surface area contributed by atoms with Crippen LogP contribution in [0.5, 0.6) is 0 Å². The molecule has 1 unspecified atom stereocenters. The molecule has 9 heteroatoms. The number of ether oxygens (including phenoxy) is 1. The predicted molar refractivity (Wildman–Crippen MR) is 296 cm³/mol. The molecule has 362 valence electrons. The molecule has 1 saturated carbocycles. The summed E-state index contributed by atoms with van der Waals surface area (Å²) in [5, 5.41) is 33.3. The third-order valence-electron chi connectivity index (χ3n) is 15.4. The fourth-order valence-corrected chi connectivity index (χ4v) is 11.3. The minimum atomic E-state index is -1.71. The van der Waals surface area contributed by atoms with Crippen molar-refractivity contribution >= 4 is 59.4 Å². The molecule has 1 aliphatic carbocycles. The lowest BCUT2D eigenvalue weighted by atomic mass is 9.81. The zero-order valence-electron chi connectivity index (χ0n) is 42.6. The maximum atomic E-state index is 10.6. The number of para-hydroxylation sites is 1. The number of unbranched alkanes of at least 4 members (excludes halogenated alkanes) is 3. The molecule has 0 amide bonds. The first-order valence-corrected chi connectivity index (χ1v) is 28.6. The monoisotopic (exact) mass is 964 g/mol. The molecule has 8 nitrogen and oxygen atoms in total. The van der Waals surface area contributed by atoms with Gasteiger partial charge in [0.15, 0.2) is 25.3 Å². The molecular weight excluding hydrogens is 901 g/mol. The molecular formula is C63H64N6O2Si. The van der Waals surface area contributed by atoms with Gasteiger partial charge in [-0.25, -0.2) is 9.97 Å². The average Bonchev–Trinajstić information content (AvgIpc) is 3.87. The van der Waals surface area contributed by atoms with Crippen LogP contribution in [0.4, 0.5) is 0 Å². The fraction of sp³-hybridized carbons (Fsp3) is 0.317. The summed E-state index contributed by atoms with van der Waals surface area (Å²) in [6, 6.07) is 46.2. The van der Waals surface area contributed by atoms with Gasteiger partial charge >= 0.3 is 0 Å². The normalized spacial score (nSPS) is 16.7. The zero-order valence-corrected chi connectivity index (χ0v) is 43.6. The minimum absolute atomic E-state index is 0.0125. The minimum Gasteiger partial charge on any atom is -0.474 e. The van der Waals surface area contributed by atoms with Crippen LogP contribution in [0.3, 0.4) is 0 Å². The van der Waals surface area contributed by atoms with Crippen LogP contribution in [0, 0.1) is 34.0 Å². The number of aromatic nitrogens is 3. The number of nitriles is 3. The molecule has 0 bridgehead atoms. The van der Waals surface area contributed by atoms with Crippen LogP contribution in [0.25, 0.3) is 62.3 Å². The second kappa shape index (κ2) is 21.2. The standard InChI is InChI=1S/C63H64N6O2Si/c1-62(2,3)72(5,6)70-38-18-8-7-17-37-69-58-24-16-15-23-51(58)52-39-44(28-36-59(52)69)25-26-45-27-34-55-57(40-45)68-60(48-21-13-10-14-22-48)56(67-55)35-33-54-53(43-66)61(49(41-64)42-65)71-63(54,4)50-31-29-47(30-32-50)46-19-11-9-12-20-46/h10,13-16,21-36,39-40,46H,7-9,11-12,17-20,37-38H2,1-6H3/b26-25+,35-33+. The number of hydrogen-bond donors (Lipinski definition) is 0. The van der Waals surface area contributed by atoms with Gasteiger partial charge in [0.05, 0.1) is 22.4 Å². The van der Waals surface area contributed by atoms with Crippen LogP contribution in [0.1, 0.15) is 119 Å². The van der Waals surface area contributed by atoms with Crippen LogP contribution in [0.2, 0.25) is 18.1 Å². The summed E-state index contributed by atoms with van der Waals surface area (Å²) in [5.41, 5.74) is 9.67. The van der Waals surface area contributed by atoms with Crippen molar-refractivity contribution in [1.82, 2.24) is 14.5 Å². The number of aryl methyl sites for hydroxylation is 1. The molecule has 0 spiro atoms. The van der Waals surface area contributed by atoms with Gasteiger partial charge in [-0.15, -0.1) is 0 Å². The topological polar surface area (TPSA) is 121 Å². The van der Waals surface area contributed by atoms with Gasteiger partial charge < -0.3 is 13.7 Å². The summed E-state index contributed by atoms with van der Waals surface area (Å²) < 4.78 is 15.5. The molecule has 72 heavy (non-hydrogen) atoms. The summed E-state index contributed by atoms with van der Waals surface area (Å²) in [4.78, 5) is 10.4. The molecule has 3 heterocycles. The molecule has 0 saturated heterocycles. The van der Waals surface area contributed by atoms with E-state index >= 15 is 0 Å². The van der Waals surface area contributed by atoms with Crippen molar-refractivity contribution in [2.45, 2.75) is 122 Å². The van der Waals surface area contributed by atoms with Crippen molar-refractivity contribution in [2.24, 2.45) is 0 Å². The fourth-order valence-electron chi connectivity index (χ4n) is 10.2. The summed E-state index contributed by atoms with van der Waals surface area (Å²) in [7, 11) is -1.71. The van der Waals surface area contributed by atoms with Crippen LogP contribution in [0.15, 0.2) is 144 Å². The van der Waals surface area contributed by atoms with E-state index in [2.05, 4.69) is 136 Å². The molecule has 1 fully saturated rings. The van der Waals surface area contributed by atoms with Crippen molar-refractivity contribution in [3.05, 3.63) is 172 Å². The van der Waals surface area contributed by atoms with Gasteiger partial charge in [-0.2, -0.15) is 15.8 Å². The molecule has 2 aromatic heterocycles. The Morgan fingerprint density at radius 2 is 1.42 bits per heavy atom. The van der Waals surface area contributed by atoms with Crippen LogP contribution < -0.4 is 0 Å². The Kier molecular flexibility index (Phi) is 14.6. The van der Waals surface area contributed by atoms with Crippen molar-refractivity contribution in [3.8, 4) is 29.5 Å². The van der Waals surface area contributed by atoms with E-state index in [1.54, 1.807) is 0 Å². The van der Waals surface area contributed by atoms with E-state index in [1.807, 2.05) is 67.6 Å². The van der Waals surface area contributed by atoms with E-state index < -0.39 is 13.9 Å².